The summed E-state index contributed by atoms with van der Waals surface area (Å²) >= 11 is 1.24. The highest BCUT2D eigenvalue weighted by molar-refractivity contribution is 7.99. The van der Waals surface area contributed by atoms with Gasteiger partial charge in [-0.3, -0.25) is 4.79 Å². The molecule has 114 valence electrons. The lowest BCUT2D eigenvalue weighted by molar-refractivity contribution is -0.119. The second kappa shape index (κ2) is 6.17. The molecule has 3 N–H and O–H groups in total. The smallest absolute Gasteiger partial charge is 0.271 e. The summed E-state index contributed by atoms with van der Waals surface area (Å²) in [6.45, 7) is 7.63. The molecular weight excluding hydrogens is 290 g/mol. The molecule has 0 spiro atoms. The molecule has 0 bridgehead atoms. The molecule has 1 amide bonds. The number of nitrogen functional groups attached to an aromatic ring is 1. The van der Waals surface area contributed by atoms with Crippen LogP contribution < -0.4 is 11.2 Å². The first-order valence-electron chi connectivity index (χ1n) is 6.54. The van der Waals surface area contributed by atoms with Crippen molar-refractivity contribution in [1.82, 2.24) is 30.0 Å². The summed E-state index contributed by atoms with van der Waals surface area (Å²) < 4.78 is 2.97. The van der Waals surface area contributed by atoms with E-state index in [1.807, 2.05) is 33.8 Å². The Morgan fingerprint density at radius 2 is 2.14 bits per heavy atom. The highest BCUT2D eigenvalue weighted by atomic mass is 32.2. The number of nitrogens with zero attached hydrogens (tertiary/aromatic N) is 5. The molecule has 0 saturated carbocycles. The van der Waals surface area contributed by atoms with Crippen LogP contribution in [0.2, 0.25) is 0 Å². The maximum absolute atomic E-state index is 11.6. The Balaban J connectivity index is 2.11. The fourth-order valence-corrected chi connectivity index (χ4v) is 2.50. The number of carbonyl (C=O) groups is 1. The van der Waals surface area contributed by atoms with E-state index in [0.717, 1.165) is 11.4 Å². The van der Waals surface area contributed by atoms with Gasteiger partial charge >= 0.3 is 0 Å². The Kier molecular flexibility index (Phi) is 4.51. The first kappa shape index (κ1) is 15.4. The van der Waals surface area contributed by atoms with Crippen molar-refractivity contribution in [3.8, 4) is 5.95 Å². The van der Waals surface area contributed by atoms with Gasteiger partial charge in [0, 0.05) is 11.7 Å². The number of amides is 1. The third-order valence-electron chi connectivity index (χ3n) is 2.63. The van der Waals surface area contributed by atoms with Gasteiger partial charge in [0.25, 0.3) is 5.95 Å². The molecule has 0 aromatic carbocycles. The van der Waals surface area contributed by atoms with Gasteiger partial charge in [0.05, 0.1) is 11.4 Å². The van der Waals surface area contributed by atoms with E-state index >= 15 is 0 Å². The van der Waals surface area contributed by atoms with Crippen LogP contribution in [0.3, 0.4) is 0 Å². The Hall–Kier alpha value is -2.03. The standard InChI is InChI=1S/C12H19N7OS/c1-7(2)14-10(20)6-21-12-16-15-11(18(12)13)19-9(4)5-8(3)17-19/h5,7H,6,13H2,1-4H3,(H,14,20). The Bertz CT molecular complexity index is 646. The summed E-state index contributed by atoms with van der Waals surface area (Å²) in [5, 5.41) is 15.6. The van der Waals surface area contributed by atoms with E-state index in [-0.39, 0.29) is 17.7 Å². The van der Waals surface area contributed by atoms with Crippen molar-refractivity contribution in [2.24, 2.45) is 0 Å². The molecule has 0 radical (unpaired) electrons. The fourth-order valence-electron chi connectivity index (χ4n) is 1.84. The van der Waals surface area contributed by atoms with E-state index < -0.39 is 0 Å². The third kappa shape index (κ3) is 3.54. The summed E-state index contributed by atoms with van der Waals surface area (Å²) in [5.74, 6) is 6.58. The number of hydrogen-bond acceptors (Lipinski definition) is 6. The van der Waals surface area contributed by atoms with Gasteiger partial charge in [0.2, 0.25) is 11.1 Å². The summed E-state index contributed by atoms with van der Waals surface area (Å²) in [5.41, 5.74) is 1.79. The van der Waals surface area contributed by atoms with Crippen LogP contribution in [-0.4, -0.2) is 42.4 Å². The number of nitrogens with two attached hydrogens (primary N) is 1. The summed E-state index contributed by atoms with van der Waals surface area (Å²) in [6, 6.07) is 2.04. The lowest BCUT2D eigenvalue weighted by Gasteiger charge is -2.07. The zero-order valence-electron chi connectivity index (χ0n) is 12.5. The van der Waals surface area contributed by atoms with Gasteiger partial charge in [-0.25, -0.2) is 9.36 Å². The minimum absolute atomic E-state index is 0.0642. The Morgan fingerprint density at radius 1 is 1.43 bits per heavy atom. The Labute approximate surface area is 127 Å². The number of carbonyl (C=O) groups excluding carboxylic acids is 1. The minimum atomic E-state index is -0.0642. The Morgan fingerprint density at radius 3 is 2.71 bits per heavy atom. The maximum Gasteiger partial charge on any atom is 0.271 e. The van der Waals surface area contributed by atoms with Gasteiger partial charge in [-0.05, 0) is 33.8 Å². The van der Waals surface area contributed by atoms with Crippen LogP contribution in [0.15, 0.2) is 11.2 Å². The van der Waals surface area contributed by atoms with Gasteiger partial charge < -0.3 is 11.2 Å². The first-order chi connectivity index (χ1) is 9.88. The number of thioether (sulfide) groups is 1. The molecule has 0 fully saturated rings. The molecule has 0 aliphatic heterocycles. The topological polar surface area (TPSA) is 104 Å². The number of hydrogen-bond donors (Lipinski definition) is 2. The van der Waals surface area contributed by atoms with E-state index in [9.17, 15) is 4.79 Å². The fraction of sp³-hybridized carbons (Fsp3) is 0.500. The second-order valence-electron chi connectivity index (χ2n) is 5.00. The van der Waals surface area contributed by atoms with Gasteiger partial charge in [0.1, 0.15) is 0 Å². The van der Waals surface area contributed by atoms with Crippen LogP contribution in [-0.2, 0) is 4.79 Å². The maximum atomic E-state index is 11.6. The number of nitrogens with one attached hydrogen (secondary N) is 1. The van der Waals surface area contributed by atoms with Gasteiger partial charge in [-0.15, -0.1) is 10.2 Å². The highest BCUT2D eigenvalue weighted by Gasteiger charge is 2.16. The number of aryl methyl sites for hydroxylation is 2. The van der Waals surface area contributed by atoms with Crippen molar-refractivity contribution in [3.05, 3.63) is 17.5 Å². The number of rotatable bonds is 5. The van der Waals surface area contributed by atoms with Crippen LogP contribution in [0.1, 0.15) is 25.2 Å². The van der Waals surface area contributed by atoms with Crippen LogP contribution in [0.4, 0.5) is 0 Å². The predicted octanol–water partition coefficient (Wildman–Crippen LogP) is 0.411. The predicted molar refractivity (Wildman–Crippen MR) is 80.8 cm³/mol. The molecule has 9 heteroatoms. The SMILES string of the molecule is Cc1cc(C)n(-c2nnc(SCC(=O)NC(C)C)n2N)n1. The van der Waals surface area contributed by atoms with E-state index in [4.69, 9.17) is 5.84 Å². The van der Waals surface area contributed by atoms with Gasteiger partial charge in [-0.1, -0.05) is 11.8 Å². The van der Waals surface area contributed by atoms with Crippen molar-refractivity contribution in [2.75, 3.05) is 11.6 Å². The lowest BCUT2D eigenvalue weighted by atomic mass is 10.4. The molecular formula is C12H19N7OS. The zero-order chi connectivity index (χ0) is 15.6. The van der Waals surface area contributed by atoms with Crippen molar-refractivity contribution >= 4 is 17.7 Å². The van der Waals surface area contributed by atoms with Crippen molar-refractivity contribution in [1.29, 1.82) is 0 Å². The molecule has 0 unspecified atom stereocenters. The number of aromatic nitrogens is 5. The molecule has 0 saturated heterocycles. The van der Waals surface area contributed by atoms with E-state index in [2.05, 4.69) is 20.6 Å². The molecule has 21 heavy (non-hydrogen) atoms. The second-order valence-corrected chi connectivity index (χ2v) is 5.94. The molecule has 8 nitrogen and oxygen atoms in total. The van der Waals surface area contributed by atoms with Crippen LogP contribution in [0, 0.1) is 13.8 Å². The normalized spacial score (nSPS) is 11.1. The van der Waals surface area contributed by atoms with Crippen molar-refractivity contribution in [2.45, 2.75) is 38.9 Å². The molecule has 2 heterocycles. The first-order valence-corrected chi connectivity index (χ1v) is 7.53. The van der Waals surface area contributed by atoms with E-state index in [0.29, 0.717) is 11.1 Å². The average molecular weight is 309 g/mol. The van der Waals surface area contributed by atoms with E-state index in [1.54, 1.807) is 4.68 Å². The molecule has 0 aliphatic carbocycles. The van der Waals surface area contributed by atoms with Crippen LogP contribution >= 0.6 is 11.8 Å². The molecule has 2 rings (SSSR count). The highest BCUT2D eigenvalue weighted by Crippen LogP contribution is 2.17. The molecule has 2 aromatic rings. The molecule has 2 aromatic heterocycles. The molecule has 0 aliphatic rings. The average Bonchev–Trinajstić information content (AvgIpc) is 2.89. The molecule has 0 atom stereocenters. The van der Waals surface area contributed by atoms with E-state index in [1.165, 1.54) is 16.4 Å². The third-order valence-corrected chi connectivity index (χ3v) is 3.57. The summed E-state index contributed by atoms with van der Waals surface area (Å²) in [4.78, 5) is 11.6. The largest absolute Gasteiger partial charge is 0.353 e. The summed E-state index contributed by atoms with van der Waals surface area (Å²) in [6.07, 6.45) is 0. The quantitative estimate of drug-likeness (QED) is 0.612. The van der Waals surface area contributed by atoms with Gasteiger partial charge in [-0.2, -0.15) is 5.10 Å². The summed E-state index contributed by atoms with van der Waals surface area (Å²) in [7, 11) is 0. The van der Waals surface area contributed by atoms with Gasteiger partial charge in [0.15, 0.2) is 0 Å². The van der Waals surface area contributed by atoms with Crippen molar-refractivity contribution < 1.29 is 4.79 Å². The van der Waals surface area contributed by atoms with Crippen LogP contribution in [0.5, 0.6) is 0 Å². The van der Waals surface area contributed by atoms with Crippen molar-refractivity contribution in [3.63, 3.8) is 0 Å². The van der Waals surface area contributed by atoms with Crippen LogP contribution in [0.25, 0.3) is 5.95 Å². The minimum Gasteiger partial charge on any atom is -0.353 e. The lowest BCUT2D eigenvalue weighted by Crippen LogP contribution is -2.31. The zero-order valence-corrected chi connectivity index (χ0v) is 13.3. The monoisotopic (exact) mass is 309 g/mol.